The zero-order valence-corrected chi connectivity index (χ0v) is 8.84. The zero-order valence-electron chi connectivity index (χ0n) is 8.03. The molecule has 0 radical (unpaired) electrons. The fraction of sp³-hybridized carbons (Fsp3) is 0.556. The quantitative estimate of drug-likeness (QED) is 0.572. The third kappa shape index (κ3) is 4.24. The molecule has 72 valence electrons. The number of hydrogen-bond acceptors (Lipinski definition) is 4. The standard InChI is InChI=1S/C9H15N3S/c1-8(5-10-2)6-13-9-3-4-11-7-12-9/h3-4,7-8,10H,5-6H2,1-2H3. The Morgan fingerprint density at radius 1 is 1.62 bits per heavy atom. The van der Waals surface area contributed by atoms with Gasteiger partial charge in [-0.2, -0.15) is 0 Å². The Kier molecular flexibility index (Phi) is 4.78. The summed E-state index contributed by atoms with van der Waals surface area (Å²) in [6.07, 6.45) is 3.36. The summed E-state index contributed by atoms with van der Waals surface area (Å²) in [6.45, 7) is 3.28. The predicted octanol–water partition coefficient (Wildman–Crippen LogP) is 1.42. The van der Waals surface area contributed by atoms with E-state index in [0.717, 1.165) is 17.3 Å². The maximum Gasteiger partial charge on any atom is 0.116 e. The van der Waals surface area contributed by atoms with Gasteiger partial charge in [-0.15, -0.1) is 11.8 Å². The third-order valence-corrected chi connectivity index (χ3v) is 2.90. The SMILES string of the molecule is CNCC(C)CSc1ccncn1. The summed E-state index contributed by atoms with van der Waals surface area (Å²) in [6, 6.07) is 1.94. The lowest BCUT2D eigenvalue weighted by molar-refractivity contribution is 0.603. The zero-order chi connectivity index (χ0) is 9.52. The Hall–Kier alpha value is -0.610. The van der Waals surface area contributed by atoms with E-state index in [1.807, 2.05) is 13.1 Å². The normalized spacial score (nSPS) is 12.8. The number of nitrogens with one attached hydrogen (secondary N) is 1. The molecule has 4 heteroatoms. The second-order valence-electron chi connectivity index (χ2n) is 3.02. The first-order chi connectivity index (χ1) is 6.33. The number of thioether (sulfide) groups is 1. The van der Waals surface area contributed by atoms with Gasteiger partial charge in [0.25, 0.3) is 0 Å². The number of aromatic nitrogens is 2. The molecule has 3 nitrogen and oxygen atoms in total. The van der Waals surface area contributed by atoms with Crippen molar-refractivity contribution in [3.8, 4) is 0 Å². The summed E-state index contributed by atoms with van der Waals surface area (Å²) < 4.78 is 0. The van der Waals surface area contributed by atoms with Crippen molar-refractivity contribution in [3.63, 3.8) is 0 Å². The van der Waals surface area contributed by atoms with Crippen molar-refractivity contribution in [2.75, 3.05) is 19.3 Å². The van der Waals surface area contributed by atoms with E-state index in [0.29, 0.717) is 5.92 Å². The minimum Gasteiger partial charge on any atom is -0.319 e. The van der Waals surface area contributed by atoms with Crippen LogP contribution in [0.5, 0.6) is 0 Å². The minimum atomic E-state index is 0.671. The van der Waals surface area contributed by atoms with E-state index >= 15 is 0 Å². The molecular weight excluding hydrogens is 182 g/mol. The highest BCUT2D eigenvalue weighted by atomic mass is 32.2. The Balaban J connectivity index is 2.27. The fourth-order valence-corrected chi connectivity index (χ4v) is 1.85. The van der Waals surface area contributed by atoms with Crippen molar-refractivity contribution < 1.29 is 0 Å². The van der Waals surface area contributed by atoms with E-state index in [-0.39, 0.29) is 0 Å². The van der Waals surface area contributed by atoms with Gasteiger partial charge in [-0.1, -0.05) is 6.92 Å². The van der Waals surface area contributed by atoms with Crippen molar-refractivity contribution in [2.45, 2.75) is 11.9 Å². The molecule has 0 spiro atoms. The van der Waals surface area contributed by atoms with Crippen LogP contribution in [-0.2, 0) is 0 Å². The Bertz CT molecular complexity index is 228. The molecule has 1 N–H and O–H groups in total. The topological polar surface area (TPSA) is 37.8 Å². The molecule has 1 heterocycles. The van der Waals surface area contributed by atoms with Crippen LogP contribution in [0.1, 0.15) is 6.92 Å². The van der Waals surface area contributed by atoms with E-state index < -0.39 is 0 Å². The van der Waals surface area contributed by atoms with Gasteiger partial charge in [-0.25, -0.2) is 9.97 Å². The van der Waals surface area contributed by atoms with Crippen LogP contribution in [0.15, 0.2) is 23.6 Å². The van der Waals surface area contributed by atoms with Gasteiger partial charge in [0.05, 0.1) is 5.03 Å². The van der Waals surface area contributed by atoms with Crippen LogP contribution in [0.2, 0.25) is 0 Å². The van der Waals surface area contributed by atoms with Crippen LogP contribution in [0.4, 0.5) is 0 Å². The van der Waals surface area contributed by atoms with Crippen molar-refractivity contribution in [2.24, 2.45) is 5.92 Å². The van der Waals surface area contributed by atoms with Crippen molar-refractivity contribution in [1.82, 2.24) is 15.3 Å². The van der Waals surface area contributed by atoms with Crippen LogP contribution in [0, 0.1) is 5.92 Å². The lowest BCUT2D eigenvalue weighted by Crippen LogP contribution is -2.17. The first kappa shape index (κ1) is 10.5. The summed E-state index contributed by atoms with van der Waals surface area (Å²) in [4.78, 5) is 8.01. The molecule has 1 aromatic heterocycles. The molecular formula is C9H15N3S. The predicted molar refractivity (Wildman–Crippen MR) is 55.8 cm³/mol. The van der Waals surface area contributed by atoms with Gasteiger partial charge in [-0.3, -0.25) is 0 Å². The maximum absolute atomic E-state index is 4.14. The lowest BCUT2D eigenvalue weighted by Gasteiger charge is -2.08. The fourth-order valence-electron chi connectivity index (χ4n) is 0.999. The summed E-state index contributed by atoms with van der Waals surface area (Å²) in [5.74, 6) is 1.77. The summed E-state index contributed by atoms with van der Waals surface area (Å²) in [7, 11) is 1.98. The maximum atomic E-state index is 4.14. The minimum absolute atomic E-state index is 0.671. The average Bonchev–Trinajstić information content (AvgIpc) is 2.17. The molecule has 0 aliphatic carbocycles. The van der Waals surface area contributed by atoms with E-state index in [9.17, 15) is 0 Å². The van der Waals surface area contributed by atoms with Crippen molar-refractivity contribution >= 4 is 11.8 Å². The average molecular weight is 197 g/mol. The van der Waals surface area contributed by atoms with Crippen LogP contribution in [-0.4, -0.2) is 29.3 Å². The van der Waals surface area contributed by atoms with Crippen LogP contribution >= 0.6 is 11.8 Å². The molecule has 0 aromatic carbocycles. The lowest BCUT2D eigenvalue weighted by atomic mass is 10.2. The molecule has 1 atom stereocenters. The van der Waals surface area contributed by atoms with E-state index in [1.165, 1.54) is 0 Å². The third-order valence-electron chi connectivity index (χ3n) is 1.62. The van der Waals surface area contributed by atoms with Crippen LogP contribution < -0.4 is 5.32 Å². The number of nitrogens with zero attached hydrogens (tertiary/aromatic N) is 2. The smallest absolute Gasteiger partial charge is 0.116 e. The summed E-state index contributed by atoms with van der Waals surface area (Å²) in [5, 5.41) is 4.21. The number of rotatable bonds is 5. The summed E-state index contributed by atoms with van der Waals surface area (Å²) >= 11 is 1.78. The molecule has 1 aromatic rings. The molecule has 0 bridgehead atoms. The molecule has 0 amide bonds. The van der Waals surface area contributed by atoms with Gasteiger partial charge in [-0.05, 0) is 25.6 Å². The van der Waals surface area contributed by atoms with E-state index in [2.05, 4.69) is 22.2 Å². The highest BCUT2D eigenvalue weighted by molar-refractivity contribution is 7.99. The van der Waals surface area contributed by atoms with E-state index in [1.54, 1.807) is 24.3 Å². The van der Waals surface area contributed by atoms with Crippen LogP contribution in [0.25, 0.3) is 0 Å². The van der Waals surface area contributed by atoms with Crippen molar-refractivity contribution in [1.29, 1.82) is 0 Å². The Morgan fingerprint density at radius 2 is 2.46 bits per heavy atom. The van der Waals surface area contributed by atoms with Gasteiger partial charge < -0.3 is 5.32 Å². The Morgan fingerprint density at radius 3 is 3.08 bits per heavy atom. The highest BCUT2D eigenvalue weighted by Gasteiger charge is 2.01. The molecule has 13 heavy (non-hydrogen) atoms. The monoisotopic (exact) mass is 197 g/mol. The molecule has 0 aliphatic heterocycles. The second kappa shape index (κ2) is 5.94. The Labute approximate surface area is 83.4 Å². The highest BCUT2D eigenvalue weighted by Crippen LogP contribution is 2.16. The second-order valence-corrected chi connectivity index (χ2v) is 4.06. The largest absolute Gasteiger partial charge is 0.319 e. The molecule has 0 saturated carbocycles. The van der Waals surface area contributed by atoms with Gasteiger partial charge in [0.15, 0.2) is 0 Å². The van der Waals surface area contributed by atoms with Gasteiger partial charge in [0.1, 0.15) is 6.33 Å². The van der Waals surface area contributed by atoms with Gasteiger partial charge in [0.2, 0.25) is 0 Å². The molecule has 0 fully saturated rings. The molecule has 1 rings (SSSR count). The van der Waals surface area contributed by atoms with E-state index in [4.69, 9.17) is 0 Å². The van der Waals surface area contributed by atoms with Crippen molar-refractivity contribution in [3.05, 3.63) is 18.6 Å². The van der Waals surface area contributed by atoms with Crippen LogP contribution in [0.3, 0.4) is 0 Å². The first-order valence-electron chi connectivity index (χ1n) is 4.36. The molecule has 1 unspecified atom stereocenters. The molecule has 0 saturated heterocycles. The number of hydrogen-bond donors (Lipinski definition) is 1. The first-order valence-corrected chi connectivity index (χ1v) is 5.35. The summed E-state index contributed by atoms with van der Waals surface area (Å²) in [5.41, 5.74) is 0. The van der Waals surface area contributed by atoms with Gasteiger partial charge in [0, 0.05) is 11.9 Å². The molecule has 0 aliphatic rings. The van der Waals surface area contributed by atoms with Gasteiger partial charge >= 0.3 is 0 Å².